The molecule has 2 atom stereocenters. The first-order valence-corrected chi connectivity index (χ1v) is 8.78. The Morgan fingerprint density at radius 2 is 2.21 bits per heavy atom. The van der Waals surface area contributed by atoms with Gasteiger partial charge in [0.2, 0.25) is 0 Å². The number of piperidine rings is 1. The predicted molar refractivity (Wildman–Crippen MR) is 80.4 cm³/mol. The molecular weight excluding hydrogens is 256 g/mol. The van der Waals surface area contributed by atoms with E-state index in [4.69, 9.17) is 4.42 Å². The molecule has 0 spiro atoms. The molecule has 0 aromatic carbocycles. The van der Waals surface area contributed by atoms with Crippen molar-refractivity contribution in [2.24, 2.45) is 0 Å². The Labute approximate surface area is 120 Å². The van der Waals surface area contributed by atoms with E-state index in [0.29, 0.717) is 6.04 Å². The van der Waals surface area contributed by atoms with Gasteiger partial charge in [-0.15, -0.1) is 0 Å². The first kappa shape index (κ1) is 13.5. The standard InChI is InChI=1S/C15H24N2OS/c1-19-11-15-5-4-14(18-15)10-16-12-6-8-17-7-2-3-13(17)9-12/h4-5,12-13,16H,2-3,6-11H2,1H3. The van der Waals surface area contributed by atoms with Crippen LogP contribution in [0.3, 0.4) is 0 Å². The second-order valence-corrected chi connectivity index (χ2v) is 6.60. The average Bonchev–Trinajstić information content (AvgIpc) is 3.04. The lowest BCUT2D eigenvalue weighted by Gasteiger charge is -2.35. The molecule has 1 aromatic heterocycles. The summed E-state index contributed by atoms with van der Waals surface area (Å²) < 4.78 is 5.81. The second-order valence-electron chi connectivity index (χ2n) is 5.74. The zero-order chi connectivity index (χ0) is 13.1. The normalized spacial score (nSPS) is 27.6. The van der Waals surface area contributed by atoms with Gasteiger partial charge in [-0.1, -0.05) is 0 Å². The lowest BCUT2D eigenvalue weighted by molar-refractivity contribution is 0.165. The van der Waals surface area contributed by atoms with Crippen molar-refractivity contribution in [2.45, 2.75) is 50.1 Å². The van der Waals surface area contributed by atoms with E-state index in [1.165, 1.54) is 38.8 Å². The van der Waals surface area contributed by atoms with Crippen LogP contribution in [-0.2, 0) is 12.3 Å². The highest BCUT2D eigenvalue weighted by Gasteiger charge is 2.31. The molecule has 106 valence electrons. The number of hydrogen-bond acceptors (Lipinski definition) is 4. The van der Waals surface area contributed by atoms with Gasteiger partial charge in [0.15, 0.2) is 0 Å². The summed E-state index contributed by atoms with van der Waals surface area (Å²) in [6, 6.07) is 5.74. The van der Waals surface area contributed by atoms with Gasteiger partial charge in [0, 0.05) is 12.1 Å². The molecule has 2 aliphatic heterocycles. The highest BCUT2D eigenvalue weighted by Crippen LogP contribution is 2.27. The fourth-order valence-corrected chi connectivity index (χ4v) is 3.83. The Bertz CT molecular complexity index is 407. The van der Waals surface area contributed by atoms with Gasteiger partial charge in [-0.25, -0.2) is 0 Å². The van der Waals surface area contributed by atoms with E-state index < -0.39 is 0 Å². The van der Waals surface area contributed by atoms with E-state index in [9.17, 15) is 0 Å². The van der Waals surface area contributed by atoms with E-state index in [2.05, 4.69) is 28.6 Å². The largest absolute Gasteiger partial charge is 0.464 e. The van der Waals surface area contributed by atoms with Crippen LogP contribution in [0.5, 0.6) is 0 Å². The van der Waals surface area contributed by atoms with Gasteiger partial charge in [-0.2, -0.15) is 11.8 Å². The molecule has 3 heterocycles. The third kappa shape index (κ3) is 3.36. The van der Waals surface area contributed by atoms with E-state index in [1.807, 2.05) is 0 Å². The summed E-state index contributed by atoms with van der Waals surface area (Å²) in [6.07, 6.45) is 7.51. The molecule has 3 rings (SSSR count). The zero-order valence-electron chi connectivity index (χ0n) is 11.7. The molecule has 3 nitrogen and oxygen atoms in total. The van der Waals surface area contributed by atoms with Crippen molar-refractivity contribution in [1.82, 2.24) is 10.2 Å². The quantitative estimate of drug-likeness (QED) is 0.898. The molecule has 0 bridgehead atoms. The third-order valence-electron chi connectivity index (χ3n) is 4.39. The van der Waals surface area contributed by atoms with Crippen molar-refractivity contribution >= 4 is 11.8 Å². The van der Waals surface area contributed by atoms with Crippen LogP contribution in [-0.4, -0.2) is 36.3 Å². The summed E-state index contributed by atoms with van der Waals surface area (Å²) in [4.78, 5) is 2.67. The molecular formula is C15H24N2OS. The smallest absolute Gasteiger partial charge is 0.118 e. The molecule has 2 aliphatic rings. The Kier molecular flexibility index (Phi) is 4.51. The van der Waals surface area contributed by atoms with Gasteiger partial charge in [0.05, 0.1) is 12.3 Å². The number of rotatable bonds is 5. The lowest BCUT2D eigenvalue weighted by Crippen LogP contribution is -2.45. The number of fused-ring (bicyclic) bond motifs is 1. The number of hydrogen-bond donors (Lipinski definition) is 1. The summed E-state index contributed by atoms with van der Waals surface area (Å²) in [5, 5.41) is 3.68. The molecule has 0 radical (unpaired) electrons. The Balaban J connectivity index is 1.46. The summed E-state index contributed by atoms with van der Waals surface area (Å²) in [6.45, 7) is 3.48. The van der Waals surface area contributed by atoms with Crippen molar-refractivity contribution < 1.29 is 4.42 Å². The van der Waals surface area contributed by atoms with Gasteiger partial charge in [0.25, 0.3) is 0 Å². The van der Waals surface area contributed by atoms with Crippen molar-refractivity contribution in [3.63, 3.8) is 0 Å². The molecule has 2 saturated heterocycles. The Morgan fingerprint density at radius 3 is 3.11 bits per heavy atom. The molecule has 19 heavy (non-hydrogen) atoms. The minimum Gasteiger partial charge on any atom is -0.464 e. The Hall–Kier alpha value is -0.450. The summed E-state index contributed by atoms with van der Waals surface area (Å²) in [5.41, 5.74) is 0. The fraction of sp³-hybridized carbons (Fsp3) is 0.733. The second kappa shape index (κ2) is 6.33. The molecule has 0 aliphatic carbocycles. The van der Waals surface area contributed by atoms with Crippen LogP contribution in [0.2, 0.25) is 0 Å². The first-order valence-electron chi connectivity index (χ1n) is 7.39. The molecule has 2 fully saturated rings. The highest BCUT2D eigenvalue weighted by molar-refractivity contribution is 7.97. The van der Waals surface area contributed by atoms with Crippen molar-refractivity contribution in [3.05, 3.63) is 23.7 Å². The molecule has 2 unspecified atom stereocenters. The van der Waals surface area contributed by atoms with Crippen LogP contribution in [0.4, 0.5) is 0 Å². The minimum atomic E-state index is 0.674. The van der Waals surface area contributed by atoms with Crippen molar-refractivity contribution in [3.8, 4) is 0 Å². The summed E-state index contributed by atoms with van der Waals surface area (Å²) in [7, 11) is 0. The number of furan rings is 1. The topological polar surface area (TPSA) is 28.4 Å². The maximum Gasteiger partial charge on any atom is 0.118 e. The van der Waals surface area contributed by atoms with Crippen molar-refractivity contribution in [1.29, 1.82) is 0 Å². The predicted octanol–water partition coefficient (Wildman–Crippen LogP) is 2.86. The molecule has 4 heteroatoms. The van der Waals surface area contributed by atoms with E-state index >= 15 is 0 Å². The maximum absolute atomic E-state index is 5.81. The average molecular weight is 280 g/mol. The summed E-state index contributed by atoms with van der Waals surface area (Å²) in [5.74, 6) is 3.15. The summed E-state index contributed by atoms with van der Waals surface area (Å²) >= 11 is 1.80. The van der Waals surface area contributed by atoms with Gasteiger partial charge in [-0.05, 0) is 57.2 Å². The fourth-order valence-electron chi connectivity index (χ4n) is 3.39. The first-order chi connectivity index (χ1) is 9.35. The molecule has 1 aromatic rings. The third-order valence-corrected chi connectivity index (χ3v) is 4.96. The van der Waals surface area contributed by atoms with Crippen LogP contribution in [0.25, 0.3) is 0 Å². The SMILES string of the molecule is CSCc1ccc(CNC2CCN3CCCC3C2)o1. The van der Waals surface area contributed by atoms with Gasteiger partial charge < -0.3 is 14.6 Å². The van der Waals surface area contributed by atoms with Crippen LogP contribution in [0.15, 0.2) is 16.5 Å². The maximum atomic E-state index is 5.81. The van der Waals surface area contributed by atoms with Gasteiger partial charge >= 0.3 is 0 Å². The minimum absolute atomic E-state index is 0.674. The number of thioether (sulfide) groups is 1. The number of nitrogens with one attached hydrogen (secondary N) is 1. The monoisotopic (exact) mass is 280 g/mol. The van der Waals surface area contributed by atoms with E-state index in [-0.39, 0.29) is 0 Å². The van der Waals surface area contributed by atoms with Crippen LogP contribution < -0.4 is 5.32 Å². The molecule has 0 saturated carbocycles. The Morgan fingerprint density at radius 1 is 1.32 bits per heavy atom. The zero-order valence-corrected chi connectivity index (χ0v) is 12.5. The van der Waals surface area contributed by atoms with Gasteiger partial charge in [0.1, 0.15) is 11.5 Å². The van der Waals surface area contributed by atoms with E-state index in [0.717, 1.165) is 29.9 Å². The van der Waals surface area contributed by atoms with Crippen LogP contribution >= 0.6 is 11.8 Å². The van der Waals surface area contributed by atoms with Crippen LogP contribution in [0, 0.1) is 0 Å². The molecule has 1 N–H and O–H groups in total. The lowest BCUT2D eigenvalue weighted by atomic mass is 9.97. The molecule has 0 amide bonds. The van der Waals surface area contributed by atoms with Crippen LogP contribution in [0.1, 0.15) is 37.2 Å². The highest BCUT2D eigenvalue weighted by atomic mass is 32.2. The number of nitrogens with zero attached hydrogens (tertiary/aromatic N) is 1. The van der Waals surface area contributed by atoms with Gasteiger partial charge in [-0.3, -0.25) is 0 Å². The van der Waals surface area contributed by atoms with E-state index in [1.54, 1.807) is 11.8 Å². The van der Waals surface area contributed by atoms with Crippen molar-refractivity contribution in [2.75, 3.05) is 19.3 Å².